The van der Waals surface area contributed by atoms with E-state index in [4.69, 9.17) is 0 Å². The Morgan fingerprint density at radius 3 is 2.26 bits per heavy atom. The summed E-state index contributed by atoms with van der Waals surface area (Å²) in [6.07, 6.45) is 5.04. The Morgan fingerprint density at radius 2 is 1.58 bits per heavy atom. The molecule has 6 rings (SSSR count). The SMILES string of the molecule is CCC1CNCCN1C(=O)[C@@H]1CCCN(C2CCN(C(=O)c3c4ccccc4cc4ccccc34)CC2)C1. The number of hydrogen-bond acceptors (Lipinski definition) is 4. The maximum absolute atomic E-state index is 13.9. The van der Waals surface area contributed by atoms with Crippen LogP contribution in [0.25, 0.3) is 21.5 Å². The number of rotatable bonds is 4. The summed E-state index contributed by atoms with van der Waals surface area (Å²) in [5, 5.41) is 7.74. The number of amides is 2. The standard InChI is InChI=1S/C32H40N4O2/c1-2-26-21-33-15-19-36(26)31(37)25-10-7-16-35(22-25)27-13-17-34(18-14-27)32(38)30-28-11-5-3-8-23(28)20-24-9-4-6-12-29(24)30/h3-6,8-9,11-12,20,25-27,33H,2,7,10,13-19,21-22H2,1H3/t25-,26?/m1/s1. The molecule has 38 heavy (non-hydrogen) atoms. The largest absolute Gasteiger partial charge is 0.338 e. The lowest BCUT2D eigenvalue weighted by molar-refractivity contribution is -0.141. The fraction of sp³-hybridized carbons (Fsp3) is 0.500. The van der Waals surface area contributed by atoms with Gasteiger partial charge in [-0.25, -0.2) is 0 Å². The van der Waals surface area contributed by atoms with Crippen LogP contribution in [-0.4, -0.2) is 84.4 Å². The molecule has 2 amide bonds. The van der Waals surface area contributed by atoms with Crippen molar-refractivity contribution in [1.29, 1.82) is 0 Å². The summed E-state index contributed by atoms with van der Waals surface area (Å²) in [6, 6.07) is 19.4. The van der Waals surface area contributed by atoms with E-state index in [2.05, 4.69) is 57.3 Å². The zero-order valence-electron chi connectivity index (χ0n) is 22.6. The predicted octanol–water partition coefficient (Wildman–Crippen LogP) is 4.52. The van der Waals surface area contributed by atoms with E-state index in [0.717, 1.165) is 105 Å². The van der Waals surface area contributed by atoms with Gasteiger partial charge in [0.2, 0.25) is 5.91 Å². The Balaban J connectivity index is 1.14. The van der Waals surface area contributed by atoms with Crippen LogP contribution in [0.5, 0.6) is 0 Å². The van der Waals surface area contributed by atoms with Crippen LogP contribution in [0.3, 0.4) is 0 Å². The van der Waals surface area contributed by atoms with Gasteiger partial charge in [0.05, 0.1) is 11.5 Å². The first-order valence-electron chi connectivity index (χ1n) is 14.6. The topological polar surface area (TPSA) is 55.9 Å². The van der Waals surface area contributed by atoms with Crippen LogP contribution in [0.2, 0.25) is 0 Å². The minimum atomic E-state index is 0.109. The fourth-order valence-corrected chi connectivity index (χ4v) is 7.03. The minimum absolute atomic E-state index is 0.109. The molecule has 6 nitrogen and oxygen atoms in total. The Kier molecular flexibility index (Phi) is 7.35. The van der Waals surface area contributed by atoms with Gasteiger partial charge in [-0.1, -0.05) is 55.5 Å². The quantitative estimate of drug-likeness (QED) is 0.523. The van der Waals surface area contributed by atoms with Gasteiger partial charge in [0, 0.05) is 51.4 Å². The number of benzene rings is 3. The number of carbonyl (C=O) groups excluding carboxylic acids is 2. The number of carbonyl (C=O) groups is 2. The number of nitrogens with one attached hydrogen (secondary N) is 1. The van der Waals surface area contributed by atoms with Gasteiger partial charge in [-0.15, -0.1) is 0 Å². The lowest BCUT2D eigenvalue weighted by Gasteiger charge is -2.44. The van der Waals surface area contributed by atoms with Crippen molar-refractivity contribution in [3.05, 3.63) is 60.2 Å². The van der Waals surface area contributed by atoms with Crippen LogP contribution >= 0.6 is 0 Å². The van der Waals surface area contributed by atoms with Crippen molar-refractivity contribution in [3.8, 4) is 0 Å². The Labute approximate surface area is 225 Å². The van der Waals surface area contributed by atoms with Gasteiger partial charge in [0.15, 0.2) is 0 Å². The van der Waals surface area contributed by atoms with Gasteiger partial charge in [-0.3, -0.25) is 14.5 Å². The van der Waals surface area contributed by atoms with Gasteiger partial charge < -0.3 is 15.1 Å². The van der Waals surface area contributed by atoms with Crippen molar-refractivity contribution in [1.82, 2.24) is 20.0 Å². The van der Waals surface area contributed by atoms with Crippen molar-refractivity contribution in [2.45, 2.75) is 51.1 Å². The van der Waals surface area contributed by atoms with E-state index in [0.29, 0.717) is 18.0 Å². The van der Waals surface area contributed by atoms with Crippen LogP contribution < -0.4 is 5.32 Å². The summed E-state index contributed by atoms with van der Waals surface area (Å²) in [6.45, 7) is 8.30. The van der Waals surface area contributed by atoms with Gasteiger partial charge in [-0.05, 0) is 66.3 Å². The van der Waals surface area contributed by atoms with Crippen molar-refractivity contribution in [2.24, 2.45) is 5.92 Å². The van der Waals surface area contributed by atoms with E-state index in [1.165, 1.54) is 0 Å². The molecule has 3 aliphatic heterocycles. The predicted molar refractivity (Wildman–Crippen MR) is 153 cm³/mol. The first kappa shape index (κ1) is 25.3. The second-order valence-electron chi connectivity index (χ2n) is 11.3. The molecule has 6 heteroatoms. The molecule has 2 atom stereocenters. The average Bonchev–Trinajstić information content (AvgIpc) is 2.99. The molecular formula is C32H40N4O2. The molecule has 3 heterocycles. The molecule has 200 valence electrons. The summed E-state index contributed by atoms with van der Waals surface area (Å²) in [4.78, 5) is 34.2. The number of fused-ring (bicyclic) bond motifs is 2. The first-order chi connectivity index (χ1) is 18.6. The van der Waals surface area contributed by atoms with Gasteiger partial charge >= 0.3 is 0 Å². The summed E-state index contributed by atoms with van der Waals surface area (Å²) < 4.78 is 0. The van der Waals surface area contributed by atoms with E-state index in [9.17, 15) is 9.59 Å². The van der Waals surface area contributed by atoms with Crippen LogP contribution in [0.1, 0.15) is 49.4 Å². The Hall–Kier alpha value is -2.96. The van der Waals surface area contributed by atoms with Crippen molar-refractivity contribution in [2.75, 3.05) is 45.8 Å². The van der Waals surface area contributed by atoms with Crippen LogP contribution in [0.4, 0.5) is 0 Å². The van der Waals surface area contributed by atoms with E-state index < -0.39 is 0 Å². The monoisotopic (exact) mass is 512 g/mol. The van der Waals surface area contributed by atoms with Gasteiger partial charge in [-0.2, -0.15) is 0 Å². The highest BCUT2D eigenvalue weighted by atomic mass is 16.2. The van der Waals surface area contributed by atoms with Gasteiger partial charge in [0.1, 0.15) is 0 Å². The summed E-state index contributed by atoms with van der Waals surface area (Å²) in [5.41, 5.74) is 0.835. The molecule has 3 aromatic rings. The Bertz CT molecular complexity index is 1260. The van der Waals surface area contributed by atoms with E-state index in [1.807, 2.05) is 24.3 Å². The highest BCUT2D eigenvalue weighted by Gasteiger charge is 2.36. The molecule has 0 saturated carbocycles. The normalized spacial score (nSPS) is 23.7. The molecule has 3 fully saturated rings. The summed E-state index contributed by atoms with van der Waals surface area (Å²) in [5.74, 6) is 0.614. The Morgan fingerprint density at radius 1 is 0.895 bits per heavy atom. The molecule has 0 radical (unpaired) electrons. The fourth-order valence-electron chi connectivity index (χ4n) is 7.03. The number of hydrogen-bond donors (Lipinski definition) is 1. The second kappa shape index (κ2) is 11.0. The van der Waals surface area contributed by atoms with Crippen molar-refractivity contribution in [3.63, 3.8) is 0 Å². The smallest absolute Gasteiger partial charge is 0.255 e. The lowest BCUT2D eigenvalue weighted by atomic mass is 9.91. The molecule has 0 aromatic heterocycles. The average molecular weight is 513 g/mol. The lowest BCUT2D eigenvalue weighted by Crippen LogP contribution is -2.57. The van der Waals surface area contributed by atoms with Crippen molar-refractivity contribution < 1.29 is 9.59 Å². The molecular weight excluding hydrogens is 472 g/mol. The molecule has 0 spiro atoms. The minimum Gasteiger partial charge on any atom is -0.338 e. The van der Waals surface area contributed by atoms with Crippen LogP contribution in [-0.2, 0) is 4.79 Å². The van der Waals surface area contributed by atoms with Crippen LogP contribution in [0, 0.1) is 5.92 Å². The van der Waals surface area contributed by atoms with Crippen molar-refractivity contribution >= 4 is 33.4 Å². The zero-order valence-corrected chi connectivity index (χ0v) is 22.6. The van der Waals surface area contributed by atoms with Crippen LogP contribution in [0.15, 0.2) is 54.6 Å². The molecule has 3 aromatic carbocycles. The molecule has 1 N–H and O–H groups in total. The number of nitrogens with zero attached hydrogens (tertiary/aromatic N) is 3. The highest BCUT2D eigenvalue weighted by molar-refractivity contribution is 6.18. The number of piperazine rings is 1. The molecule has 0 bridgehead atoms. The summed E-state index contributed by atoms with van der Waals surface area (Å²) in [7, 11) is 0. The maximum atomic E-state index is 13.9. The van der Waals surface area contributed by atoms with E-state index in [-0.39, 0.29) is 11.8 Å². The number of likely N-dealkylation sites (tertiary alicyclic amines) is 2. The first-order valence-corrected chi connectivity index (χ1v) is 14.6. The molecule has 0 aliphatic carbocycles. The summed E-state index contributed by atoms with van der Waals surface area (Å²) >= 11 is 0. The third-order valence-electron chi connectivity index (χ3n) is 9.16. The van der Waals surface area contributed by atoms with E-state index in [1.54, 1.807) is 0 Å². The molecule has 3 saturated heterocycles. The van der Waals surface area contributed by atoms with Gasteiger partial charge in [0.25, 0.3) is 5.91 Å². The third-order valence-corrected chi connectivity index (χ3v) is 9.16. The number of piperidine rings is 2. The molecule has 1 unspecified atom stereocenters. The second-order valence-corrected chi connectivity index (χ2v) is 11.3. The molecule has 3 aliphatic rings. The van der Waals surface area contributed by atoms with E-state index >= 15 is 0 Å². The zero-order chi connectivity index (χ0) is 26.1. The third kappa shape index (κ3) is 4.80. The highest BCUT2D eigenvalue weighted by Crippen LogP contribution is 2.31. The maximum Gasteiger partial charge on any atom is 0.255 e.